The number of hydrogen-bond acceptors (Lipinski definition) is 2. The Morgan fingerprint density at radius 3 is 2.23 bits per heavy atom. The monoisotopic (exact) mass is 193 g/mol. The van der Waals surface area contributed by atoms with Gasteiger partial charge in [-0.2, -0.15) is 0 Å². The maximum atomic E-state index is 10.9. The Kier molecular flexibility index (Phi) is 7.81. The molecule has 0 aromatic heterocycles. The van der Waals surface area contributed by atoms with Crippen LogP contribution in [0.2, 0.25) is 0 Å². The first-order valence-electron chi connectivity index (χ1n) is 4.42. The molecule has 0 bridgehead atoms. The molecule has 0 radical (unpaired) electrons. The van der Waals surface area contributed by atoms with Crippen LogP contribution in [0.4, 0.5) is 0 Å². The van der Waals surface area contributed by atoms with Crippen LogP contribution in [0.25, 0.3) is 0 Å². The molecule has 0 aliphatic heterocycles. The third kappa shape index (κ3) is 11.4. The van der Waals surface area contributed by atoms with Gasteiger partial charge in [-0.25, -0.2) is 0 Å². The second kappa shape index (κ2) is 6.83. The van der Waals surface area contributed by atoms with Crippen LogP contribution < -0.4 is 4.70 Å². The van der Waals surface area contributed by atoms with Crippen molar-refractivity contribution >= 4 is 5.97 Å². The molecule has 0 unspecified atom stereocenters. The molecule has 0 amide bonds. The third-order valence-electron chi connectivity index (χ3n) is 1.48. The van der Waals surface area contributed by atoms with E-state index in [0.717, 1.165) is 17.4 Å². The van der Waals surface area contributed by atoms with E-state index < -0.39 is 0 Å². The molecule has 0 atom stereocenters. The fourth-order valence-corrected chi connectivity index (χ4v) is 0.710. The molecule has 0 aromatic rings. The minimum atomic E-state index is -0.0778. The van der Waals surface area contributed by atoms with E-state index in [-0.39, 0.29) is 10.7 Å². The Morgan fingerprint density at radius 1 is 1.31 bits per heavy atom. The molecular weight excluding hydrogens is 173 g/mol. The van der Waals surface area contributed by atoms with Gasteiger partial charge in [-0.05, 0) is 6.42 Å². The zero-order valence-electron chi connectivity index (χ0n) is 8.97. The van der Waals surface area contributed by atoms with Crippen molar-refractivity contribution in [2.45, 2.75) is 19.8 Å². The van der Waals surface area contributed by atoms with Crippen molar-refractivity contribution in [3.8, 4) is 0 Å². The third-order valence-corrected chi connectivity index (χ3v) is 1.48. The Hall–Kier alpha value is -0.640. The minimum Gasteiger partial charge on any atom is -1.00 e. The van der Waals surface area contributed by atoms with Gasteiger partial charge in [0.05, 0.1) is 21.1 Å². The van der Waals surface area contributed by atoms with Crippen LogP contribution in [-0.4, -0.2) is 44.7 Å². The number of hydrogen-bond donors (Lipinski definition) is 0. The molecule has 0 fully saturated rings. The largest absolute Gasteiger partial charge is 1.00 e. The molecule has 0 aliphatic rings. The maximum absolute atomic E-state index is 10.9. The summed E-state index contributed by atoms with van der Waals surface area (Å²) < 4.78 is 5.84. The highest BCUT2D eigenvalue weighted by Crippen LogP contribution is 1.93. The van der Waals surface area contributed by atoms with Gasteiger partial charge in [0, 0.05) is 6.42 Å². The van der Waals surface area contributed by atoms with Gasteiger partial charge in [0.2, 0.25) is 0 Å². The van der Waals surface area contributed by atoms with Gasteiger partial charge in [-0.1, -0.05) is 6.92 Å². The van der Waals surface area contributed by atoms with Crippen LogP contribution in [0.5, 0.6) is 0 Å². The number of carbonyl (C=O) groups is 1. The number of rotatable bonds is 5. The molecule has 4 heteroatoms. The van der Waals surface area contributed by atoms with Crippen molar-refractivity contribution in [1.82, 2.24) is 0 Å². The number of carbonyl (C=O) groups excluding carboxylic acids is 1. The highest BCUT2D eigenvalue weighted by molar-refractivity contribution is 5.69. The summed E-state index contributed by atoms with van der Waals surface area (Å²) in [6, 6.07) is 0. The average Bonchev–Trinajstić information content (AvgIpc) is 1.84. The molecule has 0 saturated heterocycles. The molecule has 0 heterocycles. The van der Waals surface area contributed by atoms with Crippen LogP contribution in [-0.2, 0) is 9.53 Å². The van der Waals surface area contributed by atoms with Gasteiger partial charge in [-0.3, -0.25) is 4.79 Å². The number of ether oxygens (including phenoxy) is 1. The smallest absolute Gasteiger partial charge is 0.305 e. The topological polar surface area (TPSA) is 26.3 Å². The van der Waals surface area contributed by atoms with Crippen LogP contribution in [0.1, 0.15) is 19.8 Å². The number of nitrogens with zero attached hydrogens (tertiary/aromatic N) is 1. The predicted molar refractivity (Wildman–Crippen MR) is 48.8 cm³/mol. The summed E-state index contributed by atoms with van der Waals surface area (Å²) in [5.41, 5.74) is 0. The number of esters is 1. The minimum absolute atomic E-state index is 0. The zero-order valence-corrected chi connectivity index (χ0v) is 8.97. The lowest BCUT2D eigenvalue weighted by Crippen LogP contribution is -3.00. The molecule has 3 nitrogen and oxygen atoms in total. The van der Waals surface area contributed by atoms with E-state index >= 15 is 0 Å². The highest BCUT2D eigenvalue weighted by Gasteiger charge is 2.08. The lowest BCUT2D eigenvalue weighted by atomic mass is 10.3. The van der Waals surface area contributed by atoms with Crippen molar-refractivity contribution in [3.05, 3.63) is 0 Å². The van der Waals surface area contributed by atoms with Crippen LogP contribution in [0, 0.1) is 0 Å². The van der Waals surface area contributed by atoms with Crippen LogP contribution in [0.3, 0.4) is 0 Å². The summed E-state index contributed by atoms with van der Waals surface area (Å²) in [7, 11) is 6.23. The molecule has 0 spiro atoms. The van der Waals surface area contributed by atoms with E-state index in [1.54, 1.807) is 0 Å². The van der Waals surface area contributed by atoms with E-state index in [9.17, 15) is 4.79 Å². The standard InChI is InChI=1S/C9H20NO2.FH/c1-5-6-9(11)12-8-7-10(2,3)4;/h5-8H2,1-4H3;1H/q+1;/p-1. The number of quaternary nitrogens is 1. The summed E-state index contributed by atoms with van der Waals surface area (Å²) >= 11 is 0. The van der Waals surface area contributed by atoms with Crippen molar-refractivity contribution in [2.75, 3.05) is 34.3 Å². The zero-order chi connectivity index (χ0) is 9.61. The quantitative estimate of drug-likeness (QED) is 0.374. The van der Waals surface area contributed by atoms with Gasteiger partial charge in [-0.15, -0.1) is 0 Å². The summed E-state index contributed by atoms with van der Waals surface area (Å²) in [6.07, 6.45) is 1.40. The van der Waals surface area contributed by atoms with Gasteiger partial charge in [0.1, 0.15) is 13.2 Å². The van der Waals surface area contributed by atoms with Gasteiger partial charge >= 0.3 is 5.97 Å². The van der Waals surface area contributed by atoms with Gasteiger partial charge in [0.15, 0.2) is 0 Å². The van der Waals surface area contributed by atoms with Crippen LogP contribution in [0.15, 0.2) is 0 Å². The summed E-state index contributed by atoms with van der Waals surface area (Å²) in [5, 5.41) is 0. The second-order valence-corrected chi connectivity index (χ2v) is 3.98. The maximum Gasteiger partial charge on any atom is 0.305 e. The first-order chi connectivity index (χ1) is 5.45. The molecule has 13 heavy (non-hydrogen) atoms. The van der Waals surface area contributed by atoms with E-state index in [0.29, 0.717) is 13.0 Å². The summed E-state index contributed by atoms with van der Waals surface area (Å²) in [4.78, 5) is 10.9. The first-order valence-corrected chi connectivity index (χ1v) is 4.42. The van der Waals surface area contributed by atoms with E-state index in [2.05, 4.69) is 21.1 Å². The van der Waals surface area contributed by atoms with Crippen molar-refractivity contribution < 1.29 is 18.7 Å². The Labute approximate surface area is 79.6 Å². The lowest BCUT2D eigenvalue weighted by molar-refractivity contribution is -0.870. The molecule has 0 N–H and O–H groups in total. The molecule has 0 rings (SSSR count). The Morgan fingerprint density at radius 2 is 1.85 bits per heavy atom. The second-order valence-electron chi connectivity index (χ2n) is 3.98. The fourth-order valence-electron chi connectivity index (χ4n) is 0.710. The van der Waals surface area contributed by atoms with Gasteiger partial charge in [0.25, 0.3) is 0 Å². The average molecular weight is 193 g/mol. The van der Waals surface area contributed by atoms with E-state index in [4.69, 9.17) is 4.74 Å². The summed E-state index contributed by atoms with van der Waals surface area (Å²) in [6.45, 7) is 3.37. The molecule has 80 valence electrons. The normalized spacial score (nSPS) is 10.5. The fraction of sp³-hybridized carbons (Fsp3) is 0.889. The molecule has 0 saturated carbocycles. The Bertz CT molecular complexity index is 143. The SMILES string of the molecule is CCCC(=O)OCC[N+](C)(C)C.[F-]. The van der Waals surface area contributed by atoms with Crippen molar-refractivity contribution in [3.63, 3.8) is 0 Å². The lowest BCUT2D eigenvalue weighted by Gasteiger charge is -2.23. The molecule has 0 aromatic carbocycles. The van der Waals surface area contributed by atoms with Crippen LogP contribution >= 0.6 is 0 Å². The molecular formula is C9H20FNO2. The van der Waals surface area contributed by atoms with Gasteiger partial charge < -0.3 is 13.9 Å². The summed E-state index contributed by atoms with van der Waals surface area (Å²) in [5.74, 6) is -0.0778. The Balaban J connectivity index is 0. The van der Waals surface area contributed by atoms with E-state index in [1.165, 1.54) is 0 Å². The highest BCUT2D eigenvalue weighted by atomic mass is 19.0. The van der Waals surface area contributed by atoms with E-state index in [1.807, 2.05) is 6.92 Å². The molecule has 0 aliphatic carbocycles. The number of likely N-dealkylation sites (N-methyl/N-ethyl adjacent to an activating group) is 1. The van der Waals surface area contributed by atoms with Crippen molar-refractivity contribution in [1.29, 1.82) is 0 Å². The number of halogens is 1. The first kappa shape index (κ1) is 14.9. The predicted octanol–water partition coefficient (Wildman–Crippen LogP) is -1.96. The van der Waals surface area contributed by atoms with Crippen molar-refractivity contribution in [2.24, 2.45) is 0 Å².